The van der Waals surface area contributed by atoms with Gasteiger partial charge in [-0.3, -0.25) is 14.9 Å². The van der Waals surface area contributed by atoms with Crippen molar-refractivity contribution >= 4 is 12.1 Å². The number of methoxy groups -OCH3 is 1. The van der Waals surface area contributed by atoms with E-state index in [1.165, 1.54) is 13.2 Å². The average Bonchev–Trinajstić information content (AvgIpc) is 2.17. The van der Waals surface area contributed by atoms with Gasteiger partial charge in [0.05, 0.1) is 19.8 Å². The third kappa shape index (κ3) is 1.82. The molecule has 0 spiro atoms. The summed E-state index contributed by atoms with van der Waals surface area (Å²) in [5.41, 5.74) is 0. The number of hydrogen-bond donors (Lipinski definition) is 2. The largest absolute Gasteiger partial charge is 0.483 e. The van der Waals surface area contributed by atoms with Gasteiger partial charge in [0, 0.05) is 6.08 Å². The SMILES string of the molecule is COC1=CC(C(=O)C=O)NCN1. The van der Waals surface area contributed by atoms with Crippen molar-refractivity contribution in [3.8, 4) is 0 Å². The summed E-state index contributed by atoms with van der Waals surface area (Å²) in [6, 6.07) is -0.557. The van der Waals surface area contributed by atoms with Crippen molar-refractivity contribution in [2.24, 2.45) is 0 Å². The van der Waals surface area contributed by atoms with Crippen LogP contribution in [0.2, 0.25) is 0 Å². The Labute approximate surface area is 69.8 Å². The van der Waals surface area contributed by atoms with Gasteiger partial charge in [0.1, 0.15) is 0 Å². The highest BCUT2D eigenvalue weighted by atomic mass is 16.5. The molecule has 1 rings (SSSR count). The second-order valence-electron chi connectivity index (χ2n) is 2.29. The maximum Gasteiger partial charge on any atom is 0.216 e. The zero-order valence-corrected chi connectivity index (χ0v) is 6.66. The van der Waals surface area contributed by atoms with Gasteiger partial charge in [-0.2, -0.15) is 0 Å². The number of aldehydes is 1. The van der Waals surface area contributed by atoms with Gasteiger partial charge in [-0.15, -0.1) is 0 Å². The lowest BCUT2D eigenvalue weighted by Crippen LogP contribution is -2.45. The molecule has 1 atom stereocenters. The predicted molar refractivity (Wildman–Crippen MR) is 41.1 cm³/mol. The van der Waals surface area contributed by atoms with Gasteiger partial charge in [0.2, 0.25) is 5.78 Å². The van der Waals surface area contributed by atoms with Crippen LogP contribution >= 0.6 is 0 Å². The molecule has 0 saturated carbocycles. The minimum absolute atomic E-state index is 0.298. The van der Waals surface area contributed by atoms with E-state index in [2.05, 4.69) is 10.6 Å². The second-order valence-corrected chi connectivity index (χ2v) is 2.29. The molecule has 0 aromatic rings. The van der Waals surface area contributed by atoms with Crippen LogP contribution in [0.3, 0.4) is 0 Å². The molecule has 0 aromatic heterocycles. The molecule has 5 heteroatoms. The van der Waals surface area contributed by atoms with Crippen LogP contribution < -0.4 is 10.6 Å². The molecule has 66 valence electrons. The monoisotopic (exact) mass is 170 g/mol. The summed E-state index contributed by atoms with van der Waals surface area (Å²) in [5, 5.41) is 5.62. The van der Waals surface area contributed by atoms with Crippen LogP contribution in [0.1, 0.15) is 0 Å². The van der Waals surface area contributed by atoms with Crippen LogP contribution in [-0.2, 0) is 14.3 Å². The number of ether oxygens (including phenoxy) is 1. The quantitative estimate of drug-likeness (QED) is 0.409. The molecule has 0 amide bonds. The highest BCUT2D eigenvalue weighted by Crippen LogP contribution is 1.99. The summed E-state index contributed by atoms with van der Waals surface area (Å²) in [6.07, 6.45) is 1.83. The molecule has 0 saturated heterocycles. The van der Waals surface area contributed by atoms with Gasteiger partial charge >= 0.3 is 0 Å². The van der Waals surface area contributed by atoms with E-state index in [0.29, 0.717) is 18.8 Å². The molecule has 1 unspecified atom stereocenters. The van der Waals surface area contributed by atoms with E-state index in [-0.39, 0.29) is 0 Å². The summed E-state index contributed by atoms with van der Waals surface area (Å²) in [4.78, 5) is 21.0. The lowest BCUT2D eigenvalue weighted by molar-refractivity contribution is -0.130. The molecule has 0 fully saturated rings. The van der Waals surface area contributed by atoms with Crippen molar-refractivity contribution in [1.82, 2.24) is 10.6 Å². The molecular weight excluding hydrogens is 160 g/mol. The Morgan fingerprint density at radius 1 is 1.83 bits per heavy atom. The van der Waals surface area contributed by atoms with Gasteiger partial charge in [-0.1, -0.05) is 0 Å². The van der Waals surface area contributed by atoms with Crippen LogP contribution in [-0.4, -0.2) is 31.9 Å². The van der Waals surface area contributed by atoms with Crippen LogP contribution in [0.4, 0.5) is 0 Å². The topological polar surface area (TPSA) is 67.4 Å². The maximum absolute atomic E-state index is 10.9. The third-order valence-corrected chi connectivity index (χ3v) is 1.55. The predicted octanol–water partition coefficient (Wildman–Crippen LogP) is -1.24. The first-order chi connectivity index (χ1) is 5.77. The fraction of sp³-hybridized carbons (Fsp3) is 0.429. The number of ketones is 1. The van der Waals surface area contributed by atoms with E-state index in [0.717, 1.165) is 0 Å². The van der Waals surface area contributed by atoms with Crippen LogP contribution in [0.5, 0.6) is 0 Å². The molecule has 0 aliphatic carbocycles. The van der Waals surface area contributed by atoms with Gasteiger partial charge in [0.25, 0.3) is 0 Å². The number of Topliss-reactive ketones (excluding diaryl/α,β-unsaturated/α-hetero) is 1. The Hall–Kier alpha value is -1.36. The average molecular weight is 170 g/mol. The number of carbonyl (C=O) groups is 2. The first kappa shape index (κ1) is 8.73. The molecule has 0 radical (unpaired) electrons. The Morgan fingerprint density at radius 3 is 3.17 bits per heavy atom. The first-order valence-electron chi connectivity index (χ1n) is 3.50. The maximum atomic E-state index is 10.9. The molecule has 0 aromatic carbocycles. The van der Waals surface area contributed by atoms with Crippen LogP contribution in [0, 0.1) is 0 Å². The van der Waals surface area contributed by atoms with E-state index < -0.39 is 11.8 Å². The van der Waals surface area contributed by atoms with Crippen molar-refractivity contribution in [3.63, 3.8) is 0 Å². The van der Waals surface area contributed by atoms with E-state index in [9.17, 15) is 9.59 Å². The second kappa shape index (κ2) is 3.87. The van der Waals surface area contributed by atoms with Crippen molar-refractivity contribution in [1.29, 1.82) is 0 Å². The number of carbonyl (C=O) groups excluding carboxylic acids is 2. The number of hydrogen-bond acceptors (Lipinski definition) is 5. The normalized spacial score (nSPS) is 22.1. The highest BCUT2D eigenvalue weighted by molar-refractivity contribution is 6.28. The van der Waals surface area contributed by atoms with Crippen molar-refractivity contribution < 1.29 is 14.3 Å². The lowest BCUT2D eigenvalue weighted by Gasteiger charge is -2.20. The van der Waals surface area contributed by atoms with Crippen molar-refractivity contribution in [2.45, 2.75) is 6.04 Å². The smallest absolute Gasteiger partial charge is 0.216 e. The lowest BCUT2D eigenvalue weighted by atomic mass is 10.2. The summed E-state index contributed by atoms with van der Waals surface area (Å²) in [7, 11) is 1.49. The Balaban J connectivity index is 2.66. The Kier molecular flexibility index (Phi) is 2.82. The first-order valence-corrected chi connectivity index (χ1v) is 3.50. The van der Waals surface area contributed by atoms with Crippen molar-refractivity contribution in [2.75, 3.05) is 13.8 Å². The van der Waals surface area contributed by atoms with Gasteiger partial charge in [0.15, 0.2) is 12.2 Å². The molecule has 5 nitrogen and oxygen atoms in total. The van der Waals surface area contributed by atoms with Gasteiger partial charge in [-0.05, 0) is 0 Å². The summed E-state index contributed by atoms with van der Waals surface area (Å²) < 4.78 is 4.86. The minimum atomic E-state index is -0.557. The molecule has 1 aliphatic rings. The number of rotatable bonds is 3. The van der Waals surface area contributed by atoms with E-state index in [4.69, 9.17) is 4.74 Å². The highest BCUT2D eigenvalue weighted by Gasteiger charge is 2.18. The molecule has 12 heavy (non-hydrogen) atoms. The zero-order valence-electron chi connectivity index (χ0n) is 6.66. The van der Waals surface area contributed by atoms with Gasteiger partial charge in [-0.25, -0.2) is 0 Å². The van der Waals surface area contributed by atoms with Crippen LogP contribution in [0.25, 0.3) is 0 Å². The fourth-order valence-corrected chi connectivity index (χ4v) is 0.914. The Bertz CT molecular complexity index is 225. The molecule has 1 aliphatic heterocycles. The van der Waals surface area contributed by atoms with Crippen molar-refractivity contribution in [3.05, 3.63) is 12.0 Å². The van der Waals surface area contributed by atoms with E-state index in [1.807, 2.05) is 0 Å². The summed E-state index contributed by atoms with van der Waals surface area (Å²) >= 11 is 0. The van der Waals surface area contributed by atoms with Gasteiger partial charge < -0.3 is 10.1 Å². The fourth-order valence-electron chi connectivity index (χ4n) is 0.914. The minimum Gasteiger partial charge on any atom is -0.483 e. The van der Waals surface area contributed by atoms with Crippen LogP contribution in [0.15, 0.2) is 12.0 Å². The standard InChI is InChI=1S/C7H10N2O3/c1-12-7-2-5(6(11)3-10)8-4-9-7/h2-3,5,8-9H,4H2,1H3. The summed E-state index contributed by atoms with van der Waals surface area (Å²) in [6.45, 7) is 0.421. The molecule has 0 bridgehead atoms. The zero-order chi connectivity index (χ0) is 8.97. The molecular formula is C7H10N2O3. The number of nitrogens with one attached hydrogen (secondary N) is 2. The van der Waals surface area contributed by atoms with E-state index in [1.54, 1.807) is 0 Å². The van der Waals surface area contributed by atoms with E-state index >= 15 is 0 Å². The molecule has 2 N–H and O–H groups in total. The molecule has 1 heterocycles. The third-order valence-electron chi connectivity index (χ3n) is 1.55. The summed E-state index contributed by atoms with van der Waals surface area (Å²) in [5.74, 6) is 0.0139. The Morgan fingerprint density at radius 2 is 2.58 bits per heavy atom.